The van der Waals surface area contributed by atoms with Crippen molar-refractivity contribution in [1.29, 1.82) is 5.26 Å². The Hall–Kier alpha value is -3.41. The van der Waals surface area contributed by atoms with Crippen molar-refractivity contribution in [3.8, 4) is 11.8 Å². The van der Waals surface area contributed by atoms with Crippen LogP contribution in [-0.2, 0) is 16.1 Å². The number of primary amides is 1. The van der Waals surface area contributed by atoms with Gasteiger partial charge in [0.25, 0.3) is 11.7 Å². The molecule has 2 aromatic rings. The van der Waals surface area contributed by atoms with Crippen molar-refractivity contribution in [2.75, 3.05) is 11.4 Å². The first kappa shape index (κ1) is 14.5. The third kappa shape index (κ3) is 2.82. The molecule has 0 spiro atoms. The second-order valence-corrected chi connectivity index (χ2v) is 4.86. The zero-order valence-electron chi connectivity index (χ0n) is 11.9. The molecule has 116 valence electrons. The number of para-hydroxylation sites is 2. The second kappa shape index (κ2) is 5.76. The lowest BCUT2D eigenvalue weighted by molar-refractivity contribution is -0.125. The summed E-state index contributed by atoms with van der Waals surface area (Å²) >= 11 is 0. The van der Waals surface area contributed by atoms with Crippen LogP contribution in [0.2, 0.25) is 0 Å². The van der Waals surface area contributed by atoms with Crippen LogP contribution >= 0.6 is 0 Å². The summed E-state index contributed by atoms with van der Waals surface area (Å²) in [4.78, 5) is 29.1. The number of carbonyl (C=O) groups excluding carboxylic acids is 2. The highest BCUT2D eigenvalue weighted by Gasteiger charge is 2.32. The lowest BCUT2D eigenvalue weighted by Gasteiger charge is -2.33. The van der Waals surface area contributed by atoms with E-state index >= 15 is 0 Å². The molecule has 1 aromatic heterocycles. The maximum Gasteiger partial charge on any atom is 0.260 e. The molecule has 1 aromatic carbocycles. The summed E-state index contributed by atoms with van der Waals surface area (Å²) in [7, 11) is 0. The van der Waals surface area contributed by atoms with E-state index in [1.54, 1.807) is 30.3 Å². The minimum absolute atomic E-state index is 0.0183. The number of ether oxygens (including phenoxy) is 1. The van der Waals surface area contributed by atoms with Crippen LogP contribution in [0.3, 0.4) is 0 Å². The lowest BCUT2D eigenvalue weighted by atomic mass is 10.1. The van der Waals surface area contributed by atoms with Gasteiger partial charge in [0, 0.05) is 0 Å². The van der Waals surface area contributed by atoms with Crippen molar-refractivity contribution in [2.45, 2.75) is 12.6 Å². The highest BCUT2D eigenvalue weighted by molar-refractivity contribution is 5.96. The fourth-order valence-electron chi connectivity index (χ4n) is 2.26. The molecule has 0 bridgehead atoms. The Morgan fingerprint density at radius 2 is 2.22 bits per heavy atom. The maximum absolute atomic E-state index is 12.5. The number of nitrogens with two attached hydrogens (primary N) is 1. The number of anilines is 1. The topological polar surface area (TPSA) is 127 Å². The number of amides is 2. The molecule has 1 aliphatic rings. The molecule has 9 nitrogen and oxygen atoms in total. The lowest BCUT2D eigenvalue weighted by Crippen LogP contribution is -2.50. The summed E-state index contributed by atoms with van der Waals surface area (Å²) in [5.74, 6) is -0.575. The minimum atomic E-state index is -0.917. The molecular formula is C14H12N6O3. The fourth-order valence-corrected chi connectivity index (χ4v) is 2.26. The summed E-state index contributed by atoms with van der Waals surface area (Å²) in [5, 5.41) is 12.6. The molecule has 1 atom stereocenters. The molecule has 0 fully saturated rings. The average molecular weight is 312 g/mol. The van der Waals surface area contributed by atoms with Crippen LogP contribution < -0.4 is 15.4 Å². The molecular weight excluding hydrogens is 300 g/mol. The molecule has 0 saturated carbocycles. The highest BCUT2D eigenvalue weighted by Crippen LogP contribution is 2.33. The van der Waals surface area contributed by atoms with E-state index in [4.69, 9.17) is 15.7 Å². The van der Waals surface area contributed by atoms with Crippen molar-refractivity contribution in [1.82, 2.24) is 14.8 Å². The van der Waals surface area contributed by atoms with Gasteiger partial charge in [0.2, 0.25) is 5.91 Å². The molecule has 0 saturated heterocycles. The monoisotopic (exact) mass is 312 g/mol. The summed E-state index contributed by atoms with van der Waals surface area (Å²) in [6.45, 7) is -0.0977. The molecule has 1 aliphatic heterocycles. The van der Waals surface area contributed by atoms with Gasteiger partial charge in [-0.05, 0) is 12.1 Å². The van der Waals surface area contributed by atoms with Crippen molar-refractivity contribution >= 4 is 17.5 Å². The van der Waals surface area contributed by atoms with Gasteiger partial charge in [0.1, 0.15) is 24.7 Å². The molecule has 23 heavy (non-hydrogen) atoms. The Labute approximate surface area is 130 Å². The Bertz CT molecular complexity index is 809. The average Bonchev–Trinajstić information content (AvgIpc) is 3.01. The van der Waals surface area contributed by atoms with Crippen LogP contribution in [0.25, 0.3) is 0 Å². The third-order valence-corrected chi connectivity index (χ3v) is 3.33. The Balaban J connectivity index is 1.86. The maximum atomic E-state index is 12.5. The van der Waals surface area contributed by atoms with E-state index in [1.807, 2.05) is 0 Å². The zero-order valence-corrected chi connectivity index (χ0v) is 11.9. The van der Waals surface area contributed by atoms with E-state index in [2.05, 4.69) is 10.1 Å². The first-order valence-corrected chi connectivity index (χ1v) is 6.73. The Kier molecular flexibility index (Phi) is 3.64. The van der Waals surface area contributed by atoms with Crippen LogP contribution in [0.15, 0.2) is 30.6 Å². The first-order chi connectivity index (χ1) is 11.1. The quantitative estimate of drug-likeness (QED) is 0.808. The van der Waals surface area contributed by atoms with Crippen LogP contribution in [0.1, 0.15) is 5.82 Å². The van der Waals surface area contributed by atoms with Gasteiger partial charge in [-0.2, -0.15) is 5.26 Å². The van der Waals surface area contributed by atoms with Gasteiger partial charge in [0.05, 0.1) is 12.2 Å². The predicted molar refractivity (Wildman–Crippen MR) is 77.1 cm³/mol. The van der Waals surface area contributed by atoms with Crippen molar-refractivity contribution in [2.24, 2.45) is 5.73 Å². The van der Waals surface area contributed by atoms with Crippen molar-refractivity contribution in [3.05, 3.63) is 36.4 Å². The summed E-state index contributed by atoms with van der Waals surface area (Å²) < 4.78 is 6.76. The van der Waals surface area contributed by atoms with E-state index in [9.17, 15) is 9.59 Å². The zero-order chi connectivity index (χ0) is 16.4. The molecule has 2 N–H and O–H groups in total. The smallest absolute Gasteiger partial charge is 0.260 e. The molecule has 2 amide bonds. The predicted octanol–water partition coefficient (Wildman–Crippen LogP) is -0.571. The number of aromatic nitrogens is 3. The van der Waals surface area contributed by atoms with E-state index in [0.29, 0.717) is 11.4 Å². The van der Waals surface area contributed by atoms with Gasteiger partial charge < -0.3 is 15.4 Å². The Morgan fingerprint density at radius 3 is 2.91 bits per heavy atom. The van der Waals surface area contributed by atoms with Crippen LogP contribution in [-0.4, -0.2) is 39.2 Å². The second-order valence-electron chi connectivity index (χ2n) is 4.86. The number of carbonyl (C=O) groups is 2. The molecule has 9 heteroatoms. The summed E-state index contributed by atoms with van der Waals surface area (Å²) in [6, 6.07) is 8.66. The highest BCUT2D eigenvalue weighted by atomic mass is 16.5. The molecule has 2 heterocycles. The van der Waals surface area contributed by atoms with Gasteiger partial charge in [-0.15, -0.1) is 5.10 Å². The SMILES string of the molecule is N#Cc1ncn(CC(=O)N2CC(C(N)=O)Oc3ccccc32)n1. The van der Waals surface area contributed by atoms with Crippen molar-refractivity contribution in [3.63, 3.8) is 0 Å². The number of hydrogen-bond acceptors (Lipinski definition) is 6. The number of nitriles is 1. The number of fused-ring (bicyclic) bond motifs is 1. The standard InChI is InChI=1S/C14H12N6O3/c15-5-12-17-8-19(18-12)7-13(21)20-6-11(14(16)22)23-10-4-2-1-3-9(10)20/h1-4,8,11H,6-7H2,(H2,16,22). The van der Waals surface area contributed by atoms with Gasteiger partial charge in [-0.25, -0.2) is 9.67 Å². The van der Waals surface area contributed by atoms with Crippen LogP contribution in [0.4, 0.5) is 5.69 Å². The van der Waals surface area contributed by atoms with Crippen LogP contribution in [0, 0.1) is 11.3 Å². The minimum Gasteiger partial charge on any atom is -0.477 e. The normalized spacial score (nSPS) is 16.1. The number of benzene rings is 1. The van der Waals surface area contributed by atoms with Crippen molar-refractivity contribution < 1.29 is 14.3 Å². The molecule has 1 unspecified atom stereocenters. The van der Waals surface area contributed by atoms with E-state index in [0.717, 1.165) is 0 Å². The van der Waals surface area contributed by atoms with Gasteiger partial charge >= 0.3 is 0 Å². The number of hydrogen-bond donors (Lipinski definition) is 1. The number of nitrogens with zero attached hydrogens (tertiary/aromatic N) is 5. The van der Waals surface area contributed by atoms with E-state index in [1.165, 1.54) is 15.9 Å². The van der Waals surface area contributed by atoms with Gasteiger partial charge in [0.15, 0.2) is 6.10 Å². The molecule has 0 aliphatic carbocycles. The first-order valence-electron chi connectivity index (χ1n) is 6.73. The van der Waals surface area contributed by atoms with Crippen LogP contribution in [0.5, 0.6) is 5.75 Å². The van der Waals surface area contributed by atoms with E-state index in [-0.39, 0.29) is 24.8 Å². The third-order valence-electron chi connectivity index (χ3n) is 3.33. The Morgan fingerprint density at radius 1 is 1.43 bits per heavy atom. The molecule has 3 rings (SSSR count). The largest absolute Gasteiger partial charge is 0.477 e. The fraction of sp³-hybridized carbons (Fsp3) is 0.214. The summed E-state index contributed by atoms with van der Waals surface area (Å²) in [6.07, 6.45) is 0.383. The van der Waals surface area contributed by atoms with E-state index < -0.39 is 12.0 Å². The van der Waals surface area contributed by atoms with Gasteiger partial charge in [-0.3, -0.25) is 9.59 Å². The van der Waals surface area contributed by atoms with Gasteiger partial charge in [-0.1, -0.05) is 12.1 Å². The number of rotatable bonds is 3. The summed E-state index contributed by atoms with van der Waals surface area (Å²) in [5.41, 5.74) is 5.85. The molecule has 0 radical (unpaired) electrons.